The lowest BCUT2D eigenvalue weighted by atomic mass is 9.85. The number of hydrogen-bond acceptors (Lipinski definition) is 6. The summed E-state index contributed by atoms with van der Waals surface area (Å²) in [5.41, 5.74) is 4.01. The van der Waals surface area contributed by atoms with Crippen molar-refractivity contribution in [1.29, 1.82) is 0 Å². The minimum absolute atomic E-state index is 0.0502. The van der Waals surface area contributed by atoms with E-state index in [0.29, 0.717) is 50.6 Å². The van der Waals surface area contributed by atoms with Crippen molar-refractivity contribution in [1.82, 2.24) is 15.1 Å². The number of aryl methyl sites for hydroxylation is 2. The molecule has 3 aromatic carbocycles. The first-order valence-electron chi connectivity index (χ1n) is 14.2. The van der Waals surface area contributed by atoms with Crippen LogP contribution in [0.1, 0.15) is 29.5 Å². The van der Waals surface area contributed by atoms with Crippen molar-refractivity contribution >= 4 is 29.2 Å². The fourth-order valence-electron chi connectivity index (χ4n) is 5.90. The van der Waals surface area contributed by atoms with E-state index in [4.69, 9.17) is 9.47 Å². The van der Waals surface area contributed by atoms with Crippen LogP contribution in [-0.2, 0) is 16.1 Å². The summed E-state index contributed by atoms with van der Waals surface area (Å²) >= 11 is 0. The normalized spacial score (nSPS) is 17.1. The highest BCUT2D eigenvalue weighted by molar-refractivity contribution is 5.97. The maximum absolute atomic E-state index is 14.0. The maximum Gasteiger partial charge on any atom is 0.321 e. The maximum atomic E-state index is 14.0. The number of para-hydroxylation sites is 1. The first kappa shape index (κ1) is 27.4. The van der Waals surface area contributed by atoms with Gasteiger partial charge in [0.1, 0.15) is 12.1 Å². The predicted octanol–water partition coefficient (Wildman–Crippen LogP) is 4.02. The van der Waals surface area contributed by atoms with Gasteiger partial charge < -0.3 is 34.8 Å². The van der Waals surface area contributed by atoms with E-state index in [1.165, 1.54) is 5.56 Å². The van der Waals surface area contributed by atoms with Crippen LogP contribution < -0.4 is 25.0 Å². The SMILES string of the molecule is Cc1ccc(NC(=O)N2CCC3(CC2)C(=O)N(CC(=O)NCc2ccc4c(c2)OCO4)CN3c2ccccc2)cc1C. The molecule has 6 rings (SSSR count). The fourth-order valence-corrected chi connectivity index (χ4v) is 5.90. The molecule has 0 unspecified atom stereocenters. The summed E-state index contributed by atoms with van der Waals surface area (Å²) in [5.74, 6) is 1.02. The van der Waals surface area contributed by atoms with Crippen LogP contribution in [0.25, 0.3) is 0 Å². The van der Waals surface area contributed by atoms with Crippen molar-refractivity contribution in [2.45, 2.75) is 38.8 Å². The number of piperidine rings is 1. The number of urea groups is 1. The van der Waals surface area contributed by atoms with Gasteiger partial charge in [-0.05, 0) is 79.8 Å². The number of hydrogen-bond donors (Lipinski definition) is 2. The zero-order valence-corrected chi connectivity index (χ0v) is 23.9. The first-order chi connectivity index (χ1) is 20.3. The van der Waals surface area contributed by atoms with Gasteiger partial charge in [0.2, 0.25) is 12.7 Å². The second kappa shape index (κ2) is 11.3. The highest BCUT2D eigenvalue weighted by Crippen LogP contribution is 2.39. The topological polar surface area (TPSA) is 103 Å². The average Bonchev–Trinajstić information content (AvgIpc) is 3.57. The number of anilines is 2. The number of benzene rings is 3. The zero-order valence-electron chi connectivity index (χ0n) is 23.9. The van der Waals surface area contributed by atoms with Crippen LogP contribution in [0.3, 0.4) is 0 Å². The number of rotatable bonds is 6. The molecular formula is C32H35N5O5. The molecule has 2 saturated heterocycles. The van der Waals surface area contributed by atoms with Gasteiger partial charge in [0, 0.05) is 31.0 Å². The minimum atomic E-state index is -0.823. The Morgan fingerprint density at radius 1 is 0.905 bits per heavy atom. The van der Waals surface area contributed by atoms with E-state index in [-0.39, 0.29) is 31.2 Å². The molecule has 0 bridgehead atoms. The molecule has 1 spiro atoms. The van der Waals surface area contributed by atoms with Gasteiger partial charge in [-0.15, -0.1) is 0 Å². The second-order valence-corrected chi connectivity index (χ2v) is 11.1. The average molecular weight is 570 g/mol. The van der Waals surface area contributed by atoms with Gasteiger partial charge in [-0.1, -0.05) is 30.3 Å². The van der Waals surface area contributed by atoms with Gasteiger partial charge in [-0.2, -0.15) is 0 Å². The molecule has 0 saturated carbocycles. The van der Waals surface area contributed by atoms with Crippen LogP contribution in [0.2, 0.25) is 0 Å². The lowest BCUT2D eigenvalue weighted by Crippen LogP contribution is -2.58. The van der Waals surface area contributed by atoms with Gasteiger partial charge in [0.25, 0.3) is 5.91 Å². The summed E-state index contributed by atoms with van der Waals surface area (Å²) in [5, 5.41) is 5.93. The Kier molecular flexibility index (Phi) is 7.36. The molecule has 3 heterocycles. The summed E-state index contributed by atoms with van der Waals surface area (Å²) < 4.78 is 10.8. The van der Waals surface area contributed by atoms with Crippen LogP contribution in [0.15, 0.2) is 66.7 Å². The molecule has 10 nitrogen and oxygen atoms in total. The zero-order chi connectivity index (χ0) is 29.3. The summed E-state index contributed by atoms with van der Waals surface area (Å²) in [6, 6.07) is 21.0. The molecule has 2 N–H and O–H groups in total. The predicted molar refractivity (Wildman–Crippen MR) is 158 cm³/mol. The van der Waals surface area contributed by atoms with Crippen molar-refractivity contribution < 1.29 is 23.9 Å². The summed E-state index contributed by atoms with van der Waals surface area (Å²) in [6.45, 7) is 5.66. The Labute approximate surface area is 245 Å². The minimum Gasteiger partial charge on any atom is -0.454 e. The molecule has 3 aliphatic heterocycles. The third-order valence-electron chi connectivity index (χ3n) is 8.48. The second-order valence-electron chi connectivity index (χ2n) is 11.1. The van der Waals surface area contributed by atoms with E-state index in [1.807, 2.05) is 80.6 Å². The molecule has 0 radical (unpaired) electrons. The highest BCUT2D eigenvalue weighted by Gasteiger charge is 2.54. The Bertz CT molecular complexity index is 1500. The third kappa shape index (κ3) is 5.32. The molecule has 3 aromatic rings. The smallest absolute Gasteiger partial charge is 0.321 e. The summed E-state index contributed by atoms with van der Waals surface area (Å²) in [7, 11) is 0. The van der Waals surface area contributed by atoms with Gasteiger partial charge >= 0.3 is 6.03 Å². The Morgan fingerprint density at radius 2 is 1.67 bits per heavy atom. The molecule has 0 aliphatic carbocycles. The van der Waals surface area contributed by atoms with E-state index >= 15 is 0 Å². The molecule has 10 heteroatoms. The molecule has 0 aromatic heterocycles. The Hall–Kier alpha value is -4.73. The Morgan fingerprint density at radius 3 is 2.43 bits per heavy atom. The number of nitrogens with zero attached hydrogens (tertiary/aromatic N) is 3. The molecule has 0 atom stereocenters. The van der Waals surface area contributed by atoms with E-state index in [0.717, 1.165) is 22.5 Å². The van der Waals surface area contributed by atoms with Crippen LogP contribution in [0, 0.1) is 13.8 Å². The van der Waals surface area contributed by atoms with Crippen LogP contribution in [-0.4, -0.2) is 66.3 Å². The number of ether oxygens (including phenoxy) is 2. The van der Waals surface area contributed by atoms with E-state index in [9.17, 15) is 14.4 Å². The lowest BCUT2D eigenvalue weighted by molar-refractivity contribution is -0.137. The third-order valence-corrected chi connectivity index (χ3v) is 8.48. The molecule has 2 fully saturated rings. The largest absolute Gasteiger partial charge is 0.454 e. The molecule has 3 aliphatic rings. The monoisotopic (exact) mass is 569 g/mol. The number of carbonyl (C=O) groups is 3. The summed E-state index contributed by atoms with van der Waals surface area (Å²) in [4.78, 5) is 45.6. The van der Waals surface area contributed by atoms with Crippen LogP contribution in [0.5, 0.6) is 11.5 Å². The molecular weight excluding hydrogens is 534 g/mol. The lowest BCUT2D eigenvalue weighted by Gasteiger charge is -2.43. The van der Waals surface area contributed by atoms with Crippen molar-refractivity contribution in [3.8, 4) is 11.5 Å². The quantitative estimate of drug-likeness (QED) is 0.465. The molecule has 42 heavy (non-hydrogen) atoms. The van der Waals surface area contributed by atoms with Gasteiger partial charge in [-0.3, -0.25) is 9.59 Å². The van der Waals surface area contributed by atoms with Crippen molar-refractivity contribution in [2.75, 3.05) is 43.3 Å². The number of nitrogens with one attached hydrogen (secondary N) is 2. The molecule has 218 valence electrons. The van der Waals surface area contributed by atoms with Crippen molar-refractivity contribution in [3.63, 3.8) is 0 Å². The van der Waals surface area contributed by atoms with Gasteiger partial charge in [0.15, 0.2) is 11.5 Å². The van der Waals surface area contributed by atoms with Crippen LogP contribution >= 0.6 is 0 Å². The first-order valence-corrected chi connectivity index (χ1v) is 14.2. The number of likely N-dealkylation sites (tertiary alicyclic amines) is 1. The Balaban J connectivity index is 1.12. The van der Waals surface area contributed by atoms with E-state index in [2.05, 4.69) is 15.5 Å². The van der Waals surface area contributed by atoms with Gasteiger partial charge in [0.05, 0.1) is 6.67 Å². The van der Waals surface area contributed by atoms with E-state index in [1.54, 1.807) is 9.80 Å². The summed E-state index contributed by atoms with van der Waals surface area (Å²) in [6.07, 6.45) is 0.937. The number of amides is 4. The highest BCUT2D eigenvalue weighted by atomic mass is 16.7. The van der Waals surface area contributed by atoms with Crippen molar-refractivity contribution in [3.05, 3.63) is 83.4 Å². The van der Waals surface area contributed by atoms with Crippen LogP contribution in [0.4, 0.5) is 16.2 Å². The number of fused-ring (bicyclic) bond motifs is 1. The number of carbonyl (C=O) groups excluding carboxylic acids is 3. The van der Waals surface area contributed by atoms with Gasteiger partial charge in [-0.25, -0.2) is 4.79 Å². The fraction of sp³-hybridized carbons (Fsp3) is 0.344. The standard InChI is InChI=1S/C32H35N5O5/c1-22-8-10-25(16-23(22)2)34-31(40)35-14-12-32(13-15-35)30(39)36(20-37(32)26-6-4-3-5-7-26)19-29(38)33-18-24-9-11-27-28(17-24)42-21-41-27/h3-11,16-17H,12-15,18-21H2,1-2H3,(H,33,38)(H,34,40). The van der Waals surface area contributed by atoms with Crippen molar-refractivity contribution in [2.24, 2.45) is 0 Å². The molecule has 4 amide bonds. The van der Waals surface area contributed by atoms with E-state index < -0.39 is 5.54 Å².